The van der Waals surface area contributed by atoms with E-state index in [0.29, 0.717) is 11.1 Å². The number of hydrogen-bond acceptors (Lipinski definition) is 2. The van der Waals surface area contributed by atoms with Gasteiger partial charge in [-0.05, 0) is 43.8 Å². The topological polar surface area (TPSA) is 74.6 Å². The van der Waals surface area contributed by atoms with Crippen molar-refractivity contribution in [1.29, 1.82) is 0 Å². The fourth-order valence-corrected chi connectivity index (χ4v) is 3.84. The van der Waals surface area contributed by atoms with Crippen molar-refractivity contribution in [1.82, 2.24) is 0 Å². The number of benzene rings is 4. The van der Waals surface area contributed by atoms with E-state index in [-0.39, 0.29) is 12.8 Å². The monoisotopic (exact) mass is 370 g/mol. The summed E-state index contributed by atoms with van der Waals surface area (Å²) in [5, 5.41) is 22.7. The van der Waals surface area contributed by atoms with Crippen molar-refractivity contribution < 1.29 is 19.8 Å². The number of aliphatic carboxylic acids is 2. The van der Waals surface area contributed by atoms with E-state index in [2.05, 4.69) is 0 Å². The van der Waals surface area contributed by atoms with Crippen LogP contribution in [0.4, 0.5) is 0 Å². The summed E-state index contributed by atoms with van der Waals surface area (Å²) < 4.78 is 0. The van der Waals surface area contributed by atoms with E-state index in [4.69, 9.17) is 0 Å². The van der Waals surface area contributed by atoms with Gasteiger partial charge in [0.1, 0.15) is 0 Å². The van der Waals surface area contributed by atoms with Crippen molar-refractivity contribution >= 4 is 33.5 Å². The second-order valence-corrected chi connectivity index (χ2v) is 6.78. The van der Waals surface area contributed by atoms with Crippen LogP contribution >= 0.6 is 0 Å². The SMILES string of the molecule is O=C(O)Cc1ccc2ccccc2c1-c1c(CC(=O)O)ccc2ccccc12. The lowest BCUT2D eigenvalue weighted by Gasteiger charge is -2.18. The predicted molar refractivity (Wildman–Crippen MR) is 110 cm³/mol. The van der Waals surface area contributed by atoms with Crippen molar-refractivity contribution in [2.75, 3.05) is 0 Å². The first kappa shape index (κ1) is 17.7. The number of hydrogen-bond donors (Lipinski definition) is 2. The van der Waals surface area contributed by atoms with Crippen molar-refractivity contribution in [3.05, 3.63) is 83.9 Å². The third-order valence-corrected chi connectivity index (χ3v) is 4.96. The Kier molecular flexibility index (Phi) is 4.53. The molecule has 0 heterocycles. The van der Waals surface area contributed by atoms with Crippen LogP contribution in [0.3, 0.4) is 0 Å². The zero-order valence-electron chi connectivity index (χ0n) is 15.1. The molecule has 0 saturated carbocycles. The number of carbonyl (C=O) groups is 2. The maximum atomic E-state index is 11.5. The Morgan fingerprint density at radius 3 is 1.36 bits per heavy atom. The maximum Gasteiger partial charge on any atom is 0.307 e. The van der Waals surface area contributed by atoms with Gasteiger partial charge < -0.3 is 10.2 Å². The largest absolute Gasteiger partial charge is 0.481 e. The fraction of sp³-hybridized carbons (Fsp3) is 0.0833. The van der Waals surface area contributed by atoms with Crippen LogP contribution in [-0.4, -0.2) is 22.2 Å². The van der Waals surface area contributed by atoms with E-state index in [9.17, 15) is 19.8 Å². The Bertz CT molecular complexity index is 1130. The molecule has 2 N–H and O–H groups in total. The average Bonchev–Trinajstić information content (AvgIpc) is 2.67. The standard InChI is InChI=1S/C24H18O4/c25-21(26)13-17-11-9-15-5-1-3-7-19(15)23(17)24-18(14-22(27)28)12-10-16-6-2-4-8-20(16)24/h1-12H,13-14H2,(H,25,26)(H,27,28). The molecule has 0 fully saturated rings. The summed E-state index contributed by atoms with van der Waals surface area (Å²) in [5.41, 5.74) is 2.95. The molecule has 4 nitrogen and oxygen atoms in total. The van der Waals surface area contributed by atoms with Gasteiger partial charge >= 0.3 is 11.9 Å². The quantitative estimate of drug-likeness (QED) is 0.523. The van der Waals surface area contributed by atoms with E-state index >= 15 is 0 Å². The molecule has 0 aliphatic rings. The summed E-state index contributed by atoms with van der Waals surface area (Å²) in [6.45, 7) is 0. The molecule has 0 saturated heterocycles. The van der Waals surface area contributed by atoms with Crippen LogP contribution in [0.15, 0.2) is 72.8 Å². The van der Waals surface area contributed by atoms with Gasteiger partial charge in [-0.25, -0.2) is 0 Å². The molecule has 0 unspecified atom stereocenters. The third kappa shape index (κ3) is 3.21. The van der Waals surface area contributed by atoms with Crippen LogP contribution < -0.4 is 0 Å². The Morgan fingerprint density at radius 1 is 0.571 bits per heavy atom. The molecule has 4 heteroatoms. The number of rotatable bonds is 5. The maximum absolute atomic E-state index is 11.5. The van der Waals surface area contributed by atoms with Crippen molar-refractivity contribution in [3.8, 4) is 11.1 Å². The van der Waals surface area contributed by atoms with E-state index in [1.807, 2.05) is 72.8 Å². The minimum absolute atomic E-state index is 0.129. The second kappa shape index (κ2) is 7.16. The van der Waals surface area contributed by atoms with Gasteiger partial charge in [-0.1, -0.05) is 72.8 Å². The molecular weight excluding hydrogens is 352 g/mol. The fourth-order valence-electron chi connectivity index (χ4n) is 3.84. The van der Waals surface area contributed by atoms with Gasteiger partial charge in [0, 0.05) is 0 Å². The normalized spacial score (nSPS) is 11.0. The lowest BCUT2D eigenvalue weighted by Crippen LogP contribution is -2.06. The molecule has 138 valence electrons. The van der Waals surface area contributed by atoms with Crippen LogP contribution in [0, 0.1) is 0 Å². The van der Waals surface area contributed by atoms with Crippen molar-refractivity contribution in [2.45, 2.75) is 12.8 Å². The number of carboxylic acids is 2. The Morgan fingerprint density at radius 2 is 0.964 bits per heavy atom. The number of fused-ring (bicyclic) bond motifs is 2. The Hall–Kier alpha value is -3.66. The average molecular weight is 370 g/mol. The lowest BCUT2D eigenvalue weighted by molar-refractivity contribution is -0.137. The summed E-state index contributed by atoms with van der Waals surface area (Å²) in [6, 6.07) is 23.1. The van der Waals surface area contributed by atoms with Gasteiger partial charge in [0.2, 0.25) is 0 Å². The summed E-state index contributed by atoms with van der Waals surface area (Å²) in [6.07, 6.45) is -0.258. The molecule has 4 rings (SSSR count). The first-order valence-electron chi connectivity index (χ1n) is 9.00. The smallest absolute Gasteiger partial charge is 0.307 e. The molecule has 4 aromatic rings. The highest BCUT2D eigenvalue weighted by Crippen LogP contribution is 2.39. The van der Waals surface area contributed by atoms with Crippen LogP contribution in [-0.2, 0) is 22.4 Å². The molecule has 0 aromatic heterocycles. The molecular formula is C24H18O4. The molecule has 4 aromatic carbocycles. The highest BCUT2D eigenvalue weighted by Gasteiger charge is 2.19. The van der Waals surface area contributed by atoms with Gasteiger partial charge in [0.25, 0.3) is 0 Å². The molecule has 0 radical (unpaired) electrons. The van der Waals surface area contributed by atoms with E-state index in [1.165, 1.54) is 0 Å². The highest BCUT2D eigenvalue weighted by atomic mass is 16.4. The van der Waals surface area contributed by atoms with Gasteiger partial charge in [-0.2, -0.15) is 0 Å². The molecule has 28 heavy (non-hydrogen) atoms. The van der Waals surface area contributed by atoms with Gasteiger partial charge in [-0.3, -0.25) is 9.59 Å². The summed E-state index contributed by atoms with van der Waals surface area (Å²) in [7, 11) is 0. The Labute approximate surface area is 161 Å². The zero-order valence-corrected chi connectivity index (χ0v) is 15.1. The predicted octanol–water partition coefficient (Wildman–Crippen LogP) is 4.91. The molecule has 0 atom stereocenters. The summed E-state index contributed by atoms with van der Waals surface area (Å²) in [4.78, 5) is 23.0. The summed E-state index contributed by atoms with van der Waals surface area (Å²) in [5.74, 6) is -1.84. The minimum atomic E-state index is -0.920. The van der Waals surface area contributed by atoms with Gasteiger partial charge in [-0.15, -0.1) is 0 Å². The Balaban J connectivity index is 2.16. The second-order valence-electron chi connectivity index (χ2n) is 6.78. The first-order valence-corrected chi connectivity index (χ1v) is 9.00. The van der Waals surface area contributed by atoms with Crippen LogP contribution in [0.5, 0.6) is 0 Å². The zero-order chi connectivity index (χ0) is 19.7. The highest BCUT2D eigenvalue weighted by molar-refractivity contribution is 6.08. The summed E-state index contributed by atoms with van der Waals surface area (Å²) >= 11 is 0. The van der Waals surface area contributed by atoms with E-state index < -0.39 is 11.9 Å². The molecule has 0 bridgehead atoms. The first-order chi connectivity index (χ1) is 13.5. The minimum Gasteiger partial charge on any atom is -0.481 e. The number of carboxylic acid groups (broad SMARTS) is 2. The van der Waals surface area contributed by atoms with Crippen LogP contribution in [0.1, 0.15) is 11.1 Å². The molecule has 0 spiro atoms. The van der Waals surface area contributed by atoms with Crippen LogP contribution in [0.25, 0.3) is 32.7 Å². The van der Waals surface area contributed by atoms with E-state index in [0.717, 1.165) is 32.7 Å². The molecule has 0 amide bonds. The molecule has 0 aliphatic carbocycles. The lowest BCUT2D eigenvalue weighted by atomic mass is 9.85. The van der Waals surface area contributed by atoms with E-state index in [1.54, 1.807) is 0 Å². The van der Waals surface area contributed by atoms with Gasteiger partial charge in [0.15, 0.2) is 0 Å². The van der Waals surface area contributed by atoms with Crippen molar-refractivity contribution in [2.24, 2.45) is 0 Å². The van der Waals surface area contributed by atoms with Crippen molar-refractivity contribution in [3.63, 3.8) is 0 Å². The molecule has 0 aliphatic heterocycles. The van der Waals surface area contributed by atoms with Crippen LogP contribution in [0.2, 0.25) is 0 Å². The van der Waals surface area contributed by atoms with Gasteiger partial charge in [0.05, 0.1) is 12.8 Å². The third-order valence-electron chi connectivity index (χ3n) is 4.96.